The van der Waals surface area contributed by atoms with E-state index in [1.165, 1.54) is 0 Å². The highest BCUT2D eigenvalue weighted by atomic mass is 32.2. The lowest BCUT2D eigenvalue weighted by Gasteiger charge is -2.28. The standard InChI is InChI=1S/C19H29NO4S/c1-19(2,3)24-18(21)20-10-16(23-14-17(11-20)25-4)13-22-12-15-8-6-5-7-9-15/h5-9,16-17H,10-14H2,1-4H3/t16-,17?/m0/s1. The van der Waals surface area contributed by atoms with Gasteiger partial charge in [-0.3, -0.25) is 0 Å². The molecule has 6 heteroatoms. The molecule has 1 heterocycles. The molecule has 1 aromatic carbocycles. The third-order valence-electron chi connectivity index (χ3n) is 3.77. The number of ether oxygens (including phenoxy) is 3. The van der Waals surface area contributed by atoms with Gasteiger partial charge in [0.15, 0.2) is 0 Å². The maximum atomic E-state index is 12.5. The van der Waals surface area contributed by atoms with Crippen LogP contribution in [0.3, 0.4) is 0 Å². The molecule has 1 saturated heterocycles. The number of carbonyl (C=O) groups excluding carboxylic acids is 1. The van der Waals surface area contributed by atoms with Crippen molar-refractivity contribution >= 4 is 17.9 Å². The number of amides is 1. The first-order valence-corrected chi connectivity index (χ1v) is 9.90. The summed E-state index contributed by atoms with van der Waals surface area (Å²) in [5, 5.41) is 0.242. The molecule has 0 spiro atoms. The molecule has 5 nitrogen and oxygen atoms in total. The van der Waals surface area contributed by atoms with Crippen LogP contribution in [0.15, 0.2) is 30.3 Å². The number of benzene rings is 1. The topological polar surface area (TPSA) is 48.0 Å². The molecule has 25 heavy (non-hydrogen) atoms. The van der Waals surface area contributed by atoms with Crippen molar-refractivity contribution in [3.63, 3.8) is 0 Å². The zero-order chi connectivity index (χ0) is 18.3. The molecule has 0 N–H and O–H groups in total. The average molecular weight is 368 g/mol. The molecule has 140 valence electrons. The summed E-state index contributed by atoms with van der Waals surface area (Å²) >= 11 is 1.71. The van der Waals surface area contributed by atoms with E-state index in [0.29, 0.717) is 32.9 Å². The SMILES string of the molecule is CSC1CO[C@H](COCc2ccccc2)CN(C(=O)OC(C)(C)C)C1. The van der Waals surface area contributed by atoms with E-state index in [1.54, 1.807) is 16.7 Å². The van der Waals surface area contributed by atoms with Gasteiger partial charge in [-0.25, -0.2) is 4.79 Å². The van der Waals surface area contributed by atoms with Gasteiger partial charge < -0.3 is 19.1 Å². The van der Waals surface area contributed by atoms with Gasteiger partial charge >= 0.3 is 6.09 Å². The number of hydrogen-bond donors (Lipinski definition) is 0. The minimum absolute atomic E-state index is 0.145. The largest absolute Gasteiger partial charge is 0.444 e. The Bertz CT molecular complexity index is 532. The molecule has 0 saturated carbocycles. The molecule has 0 aromatic heterocycles. The number of nitrogens with zero attached hydrogens (tertiary/aromatic N) is 1. The lowest BCUT2D eigenvalue weighted by molar-refractivity contribution is -0.0256. The molecule has 1 amide bonds. The van der Waals surface area contributed by atoms with Crippen LogP contribution in [0.2, 0.25) is 0 Å². The second-order valence-electron chi connectivity index (χ2n) is 7.20. The molecule has 1 aliphatic heterocycles. The molecule has 1 aliphatic rings. The van der Waals surface area contributed by atoms with Crippen LogP contribution in [0, 0.1) is 0 Å². The molecular formula is C19H29NO4S. The quantitative estimate of drug-likeness (QED) is 0.796. The zero-order valence-corrected chi connectivity index (χ0v) is 16.4. The fourth-order valence-electron chi connectivity index (χ4n) is 2.52. The Kier molecular flexibility index (Phi) is 7.59. The van der Waals surface area contributed by atoms with E-state index in [9.17, 15) is 4.79 Å². The van der Waals surface area contributed by atoms with Crippen molar-refractivity contribution in [2.45, 2.75) is 44.3 Å². The summed E-state index contributed by atoms with van der Waals surface area (Å²) in [6.45, 7) is 8.36. The molecule has 2 atom stereocenters. The summed E-state index contributed by atoms with van der Waals surface area (Å²) in [6, 6.07) is 10.0. The highest BCUT2D eigenvalue weighted by Gasteiger charge is 2.30. The van der Waals surface area contributed by atoms with Crippen LogP contribution in [0.5, 0.6) is 0 Å². The van der Waals surface area contributed by atoms with Crippen LogP contribution in [0.25, 0.3) is 0 Å². The summed E-state index contributed by atoms with van der Waals surface area (Å²) in [6.07, 6.45) is 1.60. The third-order valence-corrected chi connectivity index (χ3v) is 4.72. The molecule has 1 fully saturated rings. The van der Waals surface area contributed by atoms with Crippen molar-refractivity contribution < 1.29 is 19.0 Å². The summed E-state index contributed by atoms with van der Waals surface area (Å²) in [7, 11) is 0. The van der Waals surface area contributed by atoms with Crippen LogP contribution in [0.1, 0.15) is 26.3 Å². The second-order valence-corrected chi connectivity index (χ2v) is 8.34. The second kappa shape index (κ2) is 9.46. The molecular weight excluding hydrogens is 338 g/mol. The monoisotopic (exact) mass is 367 g/mol. The Hall–Kier alpha value is -1.24. The van der Waals surface area contributed by atoms with Gasteiger partial charge in [0.2, 0.25) is 0 Å². The van der Waals surface area contributed by atoms with Crippen molar-refractivity contribution in [2.24, 2.45) is 0 Å². The lowest BCUT2D eigenvalue weighted by atomic mass is 10.2. The molecule has 1 aromatic rings. The first-order valence-electron chi connectivity index (χ1n) is 8.61. The molecule has 2 rings (SSSR count). The molecule has 0 radical (unpaired) electrons. The van der Waals surface area contributed by atoms with Gasteiger partial charge in [-0.05, 0) is 32.6 Å². The van der Waals surface area contributed by atoms with Gasteiger partial charge in [0.1, 0.15) is 5.60 Å². The van der Waals surface area contributed by atoms with E-state index in [4.69, 9.17) is 14.2 Å². The van der Waals surface area contributed by atoms with E-state index in [1.807, 2.05) is 57.4 Å². The fraction of sp³-hybridized carbons (Fsp3) is 0.632. The van der Waals surface area contributed by atoms with Crippen molar-refractivity contribution in [1.82, 2.24) is 4.90 Å². The number of carbonyl (C=O) groups is 1. The summed E-state index contributed by atoms with van der Waals surface area (Å²) in [5.41, 5.74) is 0.625. The minimum Gasteiger partial charge on any atom is -0.444 e. The maximum Gasteiger partial charge on any atom is 0.410 e. The normalized spacial score (nSPS) is 21.7. The van der Waals surface area contributed by atoms with Gasteiger partial charge in [0, 0.05) is 11.8 Å². The highest BCUT2D eigenvalue weighted by Crippen LogP contribution is 2.19. The van der Waals surface area contributed by atoms with E-state index in [0.717, 1.165) is 5.56 Å². The van der Waals surface area contributed by atoms with Gasteiger partial charge in [0.05, 0.1) is 32.5 Å². The van der Waals surface area contributed by atoms with Crippen LogP contribution >= 0.6 is 11.8 Å². The number of thioether (sulfide) groups is 1. The third kappa shape index (κ3) is 7.26. The number of hydrogen-bond acceptors (Lipinski definition) is 5. The summed E-state index contributed by atoms with van der Waals surface area (Å²) < 4.78 is 17.3. The first kappa shape index (κ1) is 20.1. The zero-order valence-electron chi connectivity index (χ0n) is 15.6. The van der Waals surface area contributed by atoms with Crippen molar-refractivity contribution in [1.29, 1.82) is 0 Å². The maximum absolute atomic E-state index is 12.5. The van der Waals surface area contributed by atoms with E-state index >= 15 is 0 Å². The van der Waals surface area contributed by atoms with Crippen molar-refractivity contribution in [3.8, 4) is 0 Å². The predicted molar refractivity (Wildman–Crippen MR) is 101 cm³/mol. The summed E-state index contributed by atoms with van der Waals surface area (Å²) in [4.78, 5) is 14.2. The highest BCUT2D eigenvalue weighted by molar-refractivity contribution is 7.99. The fourth-order valence-corrected chi connectivity index (χ4v) is 3.06. The Morgan fingerprint density at radius 3 is 2.64 bits per heavy atom. The average Bonchev–Trinajstić information content (AvgIpc) is 2.77. The van der Waals surface area contributed by atoms with Crippen molar-refractivity contribution in [2.75, 3.05) is 32.6 Å². The molecule has 0 bridgehead atoms. The van der Waals surface area contributed by atoms with Crippen LogP contribution in [0.4, 0.5) is 4.79 Å². The van der Waals surface area contributed by atoms with Gasteiger partial charge in [-0.1, -0.05) is 30.3 Å². The lowest BCUT2D eigenvalue weighted by Crippen LogP contribution is -2.43. The van der Waals surface area contributed by atoms with Crippen LogP contribution in [-0.4, -0.2) is 60.5 Å². The Morgan fingerprint density at radius 1 is 1.28 bits per heavy atom. The summed E-state index contributed by atoms with van der Waals surface area (Å²) in [5.74, 6) is 0. The first-order chi connectivity index (χ1) is 11.9. The van der Waals surface area contributed by atoms with Gasteiger partial charge in [-0.15, -0.1) is 0 Å². The minimum atomic E-state index is -0.502. The number of rotatable bonds is 5. The Labute approximate surface area is 155 Å². The van der Waals surface area contributed by atoms with Gasteiger partial charge in [-0.2, -0.15) is 11.8 Å². The predicted octanol–water partition coefficient (Wildman–Crippen LogP) is 3.57. The van der Waals surface area contributed by atoms with E-state index in [-0.39, 0.29) is 17.4 Å². The van der Waals surface area contributed by atoms with E-state index < -0.39 is 5.60 Å². The van der Waals surface area contributed by atoms with E-state index in [2.05, 4.69) is 0 Å². The molecule has 1 unspecified atom stereocenters. The Morgan fingerprint density at radius 2 is 2.00 bits per heavy atom. The van der Waals surface area contributed by atoms with Crippen LogP contribution < -0.4 is 0 Å². The smallest absolute Gasteiger partial charge is 0.410 e. The van der Waals surface area contributed by atoms with Crippen LogP contribution in [-0.2, 0) is 20.8 Å². The molecule has 0 aliphatic carbocycles. The van der Waals surface area contributed by atoms with Crippen molar-refractivity contribution in [3.05, 3.63) is 35.9 Å². The van der Waals surface area contributed by atoms with Gasteiger partial charge in [0.25, 0.3) is 0 Å². The Balaban J connectivity index is 1.90.